The lowest BCUT2D eigenvalue weighted by Gasteiger charge is -2.33. The molecule has 11 heteroatoms. The number of nitrogens with two attached hydrogens (primary N) is 2. The number of anilines is 1. The predicted octanol–water partition coefficient (Wildman–Crippen LogP) is 2.90. The maximum absolute atomic E-state index is 5.95. The summed E-state index contributed by atoms with van der Waals surface area (Å²) in [4.78, 5) is 7.03. The quantitative estimate of drug-likeness (QED) is 0.251. The molecule has 188 valence electrons. The van der Waals surface area contributed by atoms with Gasteiger partial charge in [0.25, 0.3) is 0 Å². The molecule has 1 aliphatic heterocycles. The van der Waals surface area contributed by atoms with Crippen molar-refractivity contribution in [3.05, 3.63) is 60.7 Å². The molecule has 0 saturated carbocycles. The monoisotopic (exact) mass is 490 g/mol. The molecule has 0 unspecified atom stereocenters. The van der Waals surface area contributed by atoms with Gasteiger partial charge in [-0.3, -0.25) is 5.10 Å². The number of allylic oxidation sites excluding steroid dienone is 2. The molecule has 0 aromatic carbocycles. The van der Waals surface area contributed by atoms with Crippen LogP contribution in [0.4, 0.5) is 5.82 Å². The van der Waals surface area contributed by atoms with Crippen molar-refractivity contribution >= 4 is 22.4 Å². The molecule has 0 atom stereocenters. The molecule has 1 fully saturated rings. The van der Waals surface area contributed by atoms with Gasteiger partial charge in [0.2, 0.25) is 0 Å². The minimum Gasteiger partial charge on any atom is -0.492 e. The van der Waals surface area contributed by atoms with E-state index in [2.05, 4.69) is 32.3 Å². The standard InChI is InChI=1S/C25H30N8O3/c1-3-35-18-12-19(24-20-14-29-30-25(20)31-33(24)15-18)16-4-7-23(28-13-16)32-10-8-17(9-11-32)36-22(27)6-5-21(26)34-2/h4-7,12-15,17H,3,8-11,26-27H2,1-2H3,(H,30,31)/b21-5+,22-6+. The summed E-state index contributed by atoms with van der Waals surface area (Å²) in [6.45, 7) is 4.18. The maximum Gasteiger partial charge on any atom is 0.184 e. The molecule has 5 N–H and O–H groups in total. The number of fused-ring (bicyclic) bond motifs is 3. The van der Waals surface area contributed by atoms with Crippen LogP contribution in [0.3, 0.4) is 0 Å². The Morgan fingerprint density at radius 1 is 1.17 bits per heavy atom. The second-order valence-corrected chi connectivity index (χ2v) is 8.50. The van der Waals surface area contributed by atoms with E-state index in [1.165, 1.54) is 7.11 Å². The highest BCUT2D eigenvalue weighted by Crippen LogP contribution is 2.33. The van der Waals surface area contributed by atoms with E-state index in [4.69, 9.17) is 30.7 Å². The normalized spacial score (nSPS) is 15.6. The molecule has 36 heavy (non-hydrogen) atoms. The van der Waals surface area contributed by atoms with Crippen molar-refractivity contribution in [1.82, 2.24) is 24.8 Å². The molecule has 0 radical (unpaired) electrons. The fourth-order valence-electron chi connectivity index (χ4n) is 4.41. The number of methoxy groups -OCH3 is 1. The van der Waals surface area contributed by atoms with Crippen LogP contribution < -0.4 is 21.1 Å². The smallest absolute Gasteiger partial charge is 0.184 e. The van der Waals surface area contributed by atoms with Crippen LogP contribution >= 0.6 is 0 Å². The molecule has 1 aliphatic rings. The summed E-state index contributed by atoms with van der Waals surface area (Å²) in [7, 11) is 1.50. The Kier molecular flexibility index (Phi) is 6.52. The lowest BCUT2D eigenvalue weighted by molar-refractivity contribution is 0.0919. The van der Waals surface area contributed by atoms with Crippen molar-refractivity contribution in [2.75, 3.05) is 31.7 Å². The first-order valence-electron chi connectivity index (χ1n) is 11.9. The van der Waals surface area contributed by atoms with Gasteiger partial charge in [-0.1, -0.05) is 0 Å². The van der Waals surface area contributed by atoms with Crippen molar-refractivity contribution in [3.63, 3.8) is 0 Å². The fraction of sp³-hybridized carbons (Fsp3) is 0.320. The first-order valence-corrected chi connectivity index (χ1v) is 11.9. The van der Waals surface area contributed by atoms with Crippen LogP contribution in [0, 0.1) is 0 Å². The van der Waals surface area contributed by atoms with Gasteiger partial charge in [0.15, 0.2) is 17.4 Å². The molecule has 4 aromatic rings. The molecule has 0 bridgehead atoms. The van der Waals surface area contributed by atoms with E-state index >= 15 is 0 Å². The molecule has 0 spiro atoms. The Balaban J connectivity index is 1.31. The Hall–Kier alpha value is -4.41. The van der Waals surface area contributed by atoms with Crippen molar-refractivity contribution < 1.29 is 14.2 Å². The van der Waals surface area contributed by atoms with E-state index < -0.39 is 0 Å². The molecule has 4 aromatic heterocycles. The van der Waals surface area contributed by atoms with Crippen LogP contribution in [0.2, 0.25) is 0 Å². The molecule has 0 amide bonds. The minimum atomic E-state index is 0.0442. The van der Waals surface area contributed by atoms with Crippen LogP contribution in [0.25, 0.3) is 27.7 Å². The van der Waals surface area contributed by atoms with Crippen LogP contribution in [0.1, 0.15) is 19.8 Å². The highest BCUT2D eigenvalue weighted by molar-refractivity contribution is 6.00. The van der Waals surface area contributed by atoms with E-state index in [0.717, 1.165) is 65.2 Å². The number of H-pyrrole nitrogens is 1. The summed E-state index contributed by atoms with van der Waals surface area (Å²) in [5.74, 6) is 2.27. The van der Waals surface area contributed by atoms with Gasteiger partial charge in [-0.05, 0) is 25.1 Å². The molecular weight excluding hydrogens is 460 g/mol. The molecule has 0 aliphatic carbocycles. The van der Waals surface area contributed by atoms with Crippen LogP contribution in [-0.4, -0.2) is 57.7 Å². The number of rotatable bonds is 8. The summed E-state index contributed by atoms with van der Waals surface area (Å²) in [5, 5.41) is 12.6. The number of nitrogens with one attached hydrogen (secondary N) is 1. The Morgan fingerprint density at radius 2 is 1.97 bits per heavy atom. The van der Waals surface area contributed by atoms with Gasteiger partial charge in [-0.15, -0.1) is 5.10 Å². The largest absolute Gasteiger partial charge is 0.492 e. The zero-order valence-electron chi connectivity index (χ0n) is 20.3. The third-order valence-corrected chi connectivity index (χ3v) is 6.19. The predicted molar refractivity (Wildman–Crippen MR) is 137 cm³/mol. The summed E-state index contributed by atoms with van der Waals surface area (Å²) in [6, 6.07) is 6.16. The first-order chi connectivity index (χ1) is 17.6. The van der Waals surface area contributed by atoms with Gasteiger partial charge < -0.3 is 30.6 Å². The Morgan fingerprint density at radius 3 is 2.69 bits per heavy atom. The van der Waals surface area contributed by atoms with Crippen LogP contribution in [0.5, 0.6) is 5.75 Å². The van der Waals surface area contributed by atoms with E-state index in [0.29, 0.717) is 12.5 Å². The summed E-state index contributed by atoms with van der Waals surface area (Å²) in [5.41, 5.74) is 15.2. The van der Waals surface area contributed by atoms with Gasteiger partial charge in [0, 0.05) is 55.4 Å². The summed E-state index contributed by atoms with van der Waals surface area (Å²) < 4.78 is 18.4. The van der Waals surface area contributed by atoms with E-state index in [1.54, 1.807) is 18.3 Å². The van der Waals surface area contributed by atoms with Gasteiger partial charge in [0.1, 0.15) is 17.7 Å². The number of aromatic nitrogens is 5. The van der Waals surface area contributed by atoms with Gasteiger partial charge >= 0.3 is 0 Å². The first kappa shape index (κ1) is 23.3. The van der Waals surface area contributed by atoms with E-state index in [1.807, 2.05) is 29.9 Å². The second kappa shape index (κ2) is 10.1. The van der Waals surface area contributed by atoms with Crippen LogP contribution in [-0.2, 0) is 9.47 Å². The fourth-order valence-corrected chi connectivity index (χ4v) is 4.41. The molecule has 5 rings (SSSR count). The SMILES string of the molecule is CCOc1cc(-c2ccc(N3CCC(O/C(N)=C/C=C(\N)OC)CC3)nc2)c2c3cn[nH]c3nn2c1. The van der Waals surface area contributed by atoms with Crippen molar-refractivity contribution in [3.8, 4) is 16.9 Å². The average molecular weight is 491 g/mol. The van der Waals surface area contributed by atoms with Crippen LogP contribution in [0.15, 0.2) is 60.7 Å². The number of ether oxygens (including phenoxy) is 3. The molecular formula is C25H30N8O3. The third-order valence-electron chi connectivity index (χ3n) is 6.19. The number of pyridine rings is 2. The molecule has 5 heterocycles. The average Bonchev–Trinajstić information content (AvgIpc) is 3.49. The van der Waals surface area contributed by atoms with Crippen molar-refractivity contribution in [2.24, 2.45) is 11.5 Å². The van der Waals surface area contributed by atoms with Gasteiger partial charge in [-0.25, -0.2) is 9.50 Å². The zero-order valence-corrected chi connectivity index (χ0v) is 20.3. The van der Waals surface area contributed by atoms with Crippen molar-refractivity contribution in [1.29, 1.82) is 0 Å². The zero-order chi connectivity index (χ0) is 25.1. The van der Waals surface area contributed by atoms with Gasteiger partial charge in [-0.2, -0.15) is 5.10 Å². The van der Waals surface area contributed by atoms with Gasteiger partial charge in [0.05, 0.1) is 37.0 Å². The minimum absolute atomic E-state index is 0.0442. The number of aromatic amines is 1. The lowest BCUT2D eigenvalue weighted by atomic mass is 10.1. The Bertz CT molecular complexity index is 1400. The highest BCUT2D eigenvalue weighted by atomic mass is 16.5. The number of piperidine rings is 1. The highest BCUT2D eigenvalue weighted by Gasteiger charge is 2.22. The van der Waals surface area contributed by atoms with E-state index in [-0.39, 0.29) is 12.0 Å². The second-order valence-electron chi connectivity index (χ2n) is 8.50. The summed E-state index contributed by atoms with van der Waals surface area (Å²) >= 11 is 0. The number of hydrogen-bond acceptors (Lipinski definition) is 9. The maximum atomic E-state index is 5.95. The lowest BCUT2D eigenvalue weighted by Crippen LogP contribution is -2.37. The Labute approximate surface area is 208 Å². The topological polar surface area (TPSA) is 142 Å². The molecule has 11 nitrogen and oxygen atoms in total. The number of nitrogens with zero attached hydrogens (tertiary/aromatic N) is 5. The van der Waals surface area contributed by atoms with Crippen molar-refractivity contribution in [2.45, 2.75) is 25.9 Å². The third kappa shape index (κ3) is 4.72. The van der Waals surface area contributed by atoms with E-state index in [9.17, 15) is 0 Å². The summed E-state index contributed by atoms with van der Waals surface area (Å²) in [6.07, 6.45) is 10.5. The number of hydrogen-bond donors (Lipinski definition) is 3. The molecule has 1 saturated heterocycles.